The molecule has 0 saturated carbocycles. The Balaban J connectivity index is 1.77. The predicted molar refractivity (Wildman–Crippen MR) is 145 cm³/mol. The molecule has 1 amide bonds. The molecule has 0 unspecified atom stereocenters. The molecule has 4 rings (SSSR count). The maximum atomic E-state index is 13.7. The number of anilines is 1. The SMILES string of the molecule is Cc1ccccc1[C@@H](NC(=O)CN(c1cc(C(F)(F)F)ccc1Cl)S(=O)(=O)c1ccccc1)c1ccccc1. The minimum absolute atomic E-state index is 0.204. The second-order valence-corrected chi connectivity index (χ2v) is 11.0. The monoisotopic (exact) mass is 572 g/mol. The van der Waals surface area contributed by atoms with Crippen LogP contribution in [0.15, 0.2) is 108 Å². The molecule has 4 aromatic rings. The number of rotatable bonds is 8. The van der Waals surface area contributed by atoms with Crippen LogP contribution >= 0.6 is 11.6 Å². The van der Waals surface area contributed by atoms with Gasteiger partial charge in [-0.1, -0.05) is 84.4 Å². The van der Waals surface area contributed by atoms with E-state index in [1.165, 1.54) is 24.3 Å². The molecule has 0 fully saturated rings. The molecule has 4 aromatic carbocycles. The Morgan fingerprint density at radius 2 is 1.49 bits per heavy atom. The largest absolute Gasteiger partial charge is 0.416 e. The summed E-state index contributed by atoms with van der Waals surface area (Å²) in [5, 5.41) is 2.61. The van der Waals surface area contributed by atoms with Crippen LogP contribution in [-0.4, -0.2) is 20.9 Å². The van der Waals surface area contributed by atoms with Gasteiger partial charge in [0.15, 0.2) is 0 Å². The van der Waals surface area contributed by atoms with Crippen LogP contribution in [0.5, 0.6) is 0 Å². The van der Waals surface area contributed by atoms with Crippen molar-refractivity contribution in [2.24, 2.45) is 0 Å². The second-order valence-electron chi connectivity index (χ2n) is 8.76. The van der Waals surface area contributed by atoms with Crippen molar-refractivity contribution in [3.05, 3.63) is 130 Å². The van der Waals surface area contributed by atoms with Crippen LogP contribution in [0.1, 0.15) is 28.3 Å². The molecule has 39 heavy (non-hydrogen) atoms. The standard InChI is InChI=1S/C29H24ClF3N2O3S/c1-20-10-8-9-15-24(20)28(21-11-4-2-5-12-21)34-27(36)19-35(39(37,38)23-13-6-3-7-14-23)26-18-22(29(31,32)33)16-17-25(26)30/h2-18,28H,19H2,1H3,(H,34,36)/t28-/m0/s1. The third-order valence-electron chi connectivity index (χ3n) is 6.10. The van der Waals surface area contributed by atoms with E-state index in [4.69, 9.17) is 11.6 Å². The van der Waals surface area contributed by atoms with Gasteiger partial charge in [0.05, 0.1) is 27.2 Å². The molecular formula is C29H24ClF3N2O3S. The minimum atomic E-state index is -4.76. The van der Waals surface area contributed by atoms with Gasteiger partial charge in [-0.05, 0) is 53.9 Å². The highest BCUT2D eigenvalue weighted by molar-refractivity contribution is 7.92. The van der Waals surface area contributed by atoms with E-state index in [-0.39, 0.29) is 9.92 Å². The Hall–Kier alpha value is -3.82. The number of carbonyl (C=O) groups excluding carboxylic acids is 1. The summed E-state index contributed by atoms with van der Waals surface area (Å²) in [6.45, 7) is 1.07. The Morgan fingerprint density at radius 3 is 2.10 bits per heavy atom. The minimum Gasteiger partial charge on any atom is -0.344 e. The van der Waals surface area contributed by atoms with Crippen molar-refractivity contribution in [2.45, 2.75) is 24.0 Å². The summed E-state index contributed by atoms with van der Waals surface area (Å²) in [6, 6.07) is 25.3. The zero-order valence-corrected chi connectivity index (χ0v) is 22.3. The summed E-state index contributed by atoms with van der Waals surface area (Å²) in [7, 11) is -4.49. The maximum Gasteiger partial charge on any atom is 0.416 e. The van der Waals surface area contributed by atoms with E-state index < -0.39 is 45.9 Å². The van der Waals surface area contributed by atoms with Crippen LogP contribution in [0.3, 0.4) is 0 Å². The number of sulfonamides is 1. The van der Waals surface area contributed by atoms with Gasteiger partial charge < -0.3 is 5.32 Å². The number of benzene rings is 4. The van der Waals surface area contributed by atoms with Gasteiger partial charge in [-0.2, -0.15) is 13.2 Å². The normalized spacial score (nSPS) is 12.5. The molecule has 0 aliphatic rings. The lowest BCUT2D eigenvalue weighted by atomic mass is 9.95. The van der Waals surface area contributed by atoms with Gasteiger partial charge >= 0.3 is 6.18 Å². The molecule has 0 heterocycles. The van der Waals surface area contributed by atoms with Crippen molar-refractivity contribution in [3.63, 3.8) is 0 Å². The summed E-state index contributed by atoms with van der Waals surface area (Å²) in [5.41, 5.74) is 0.859. The van der Waals surface area contributed by atoms with Gasteiger partial charge in [0.25, 0.3) is 10.0 Å². The maximum absolute atomic E-state index is 13.7. The van der Waals surface area contributed by atoms with Gasteiger partial charge in [-0.15, -0.1) is 0 Å². The molecule has 0 aromatic heterocycles. The molecule has 5 nitrogen and oxygen atoms in total. The topological polar surface area (TPSA) is 66.5 Å². The van der Waals surface area contributed by atoms with Crippen molar-refractivity contribution in [3.8, 4) is 0 Å². The number of halogens is 4. The highest BCUT2D eigenvalue weighted by Crippen LogP contribution is 2.37. The van der Waals surface area contributed by atoms with Crippen molar-refractivity contribution >= 4 is 33.2 Å². The van der Waals surface area contributed by atoms with E-state index in [0.29, 0.717) is 10.4 Å². The number of aryl methyl sites for hydroxylation is 1. The molecule has 1 atom stereocenters. The van der Waals surface area contributed by atoms with Crippen LogP contribution in [0.25, 0.3) is 0 Å². The van der Waals surface area contributed by atoms with Crippen LogP contribution in [0.4, 0.5) is 18.9 Å². The van der Waals surface area contributed by atoms with Crippen molar-refractivity contribution in [2.75, 3.05) is 10.8 Å². The average Bonchev–Trinajstić information content (AvgIpc) is 2.91. The Morgan fingerprint density at radius 1 is 0.897 bits per heavy atom. The molecule has 0 aliphatic heterocycles. The Kier molecular flexibility index (Phi) is 8.32. The van der Waals surface area contributed by atoms with Gasteiger partial charge in [-0.3, -0.25) is 9.10 Å². The highest BCUT2D eigenvalue weighted by Gasteiger charge is 2.35. The smallest absolute Gasteiger partial charge is 0.344 e. The predicted octanol–water partition coefficient (Wildman–Crippen LogP) is 6.77. The zero-order chi connectivity index (χ0) is 28.2. The lowest BCUT2D eigenvalue weighted by molar-refractivity contribution is -0.137. The first-order chi connectivity index (χ1) is 18.5. The third kappa shape index (κ3) is 6.43. The Labute approximate surface area is 229 Å². The number of nitrogens with one attached hydrogen (secondary N) is 1. The fraction of sp³-hybridized carbons (Fsp3) is 0.138. The van der Waals surface area contributed by atoms with Gasteiger partial charge in [0.2, 0.25) is 5.91 Å². The van der Waals surface area contributed by atoms with Crippen molar-refractivity contribution in [1.82, 2.24) is 5.32 Å². The zero-order valence-electron chi connectivity index (χ0n) is 20.7. The van der Waals surface area contributed by atoms with Crippen molar-refractivity contribution in [1.29, 1.82) is 0 Å². The van der Waals surface area contributed by atoms with E-state index in [2.05, 4.69) is 5.32 Å². The number of hydrogen-bond donors (Lipinski definition) is 1. The highest BCUT2D eigenvalue weighted by atomic mass is 35.5. The summed E-state index contributed by atoms with van der Waals surface area (Å²) in [4.78, 5) is 13.3. The van der Waals surface area contributed by atoms with Crippen LogP contribution in [0, 0.1) is 6.92 Å². The van der Waals surface area contributed by atoms with E-state index in [1.807, 2.05) is 49.4 Å². The van der Waals surface area contributed by atoms with E-state index in [0.717, 1.165) is 28.8 Å². The quantitative estimate of drug-likeness (QED) is 0.253. The number of carbonyl (C=O) groups is 1. The number of hydrogen-bond acceptors (Lipinski definition) is 3. The molecule has 0 bridgehead atoms. The van der Waals surface area contributed by atoms with E-state index in [9.17, 15) is 26.4 Å². The molecule has 10 heteroatoms. The molecule has 1 N–H and O–H groups in total. The first-order valence-electron chi connectivity index (χ1n) is 11.8. The van der Waals surface area contributed by atoms with Gasteiger partial charge in [0.1, 0.15) is 6.54 Å². The molecular weight excluding hydrogens is 549 g/mol. The number of amides is 1. The van der Waals surface area contributed by atoms with E-state index in [1.54, 1.807) is 18.2 Å². The summed E-state index contributed by atoms with van der Waals surface area (Å²) >= 11 is 6.23. The fourth-order valence-electron chi connectivity index (χ4n) is 4.13. The van der Waals surface area contributed by atoms with Crippen LogP contribution < -0.4 is 9.62 Å². The van der Waals surface area contributed by atoms with Crippen LogP contribution in [0.2, 0.25) is 5.02 Å². The number of nitrogens with zero attached hydrogens (tertiary/aromatic N) is 1. The van der Waals surface area contributed by atoms with Gasteiger partial charge in [0, 0.05) is 0 Å². The Bertz CT molecular complexity index is 1560. The third-order valence-corrected chi connectivity index (χ3v) is 8.19. The van der Waals surface area contributed by atoms with E-state index >= 15 is 0 Å². The van der Waals surface area contributed by atoms with Crippen LogP contribution in [-0.2, 0) is 21.0 Å². The number of alkyl halides is 3. The lowest BCUT2D eigenvalue weighted by Gasteiger charge is -2.27. The molecule has 0 saturated heterocycles. The molecule has 0 spiro atoms. The molecule has 202 valence electrons. The first-order valence-corrected chi connectivity index (χ1v) is 13.6. The summed E-state index contributed by atoms with van der Waals surface area (Å²) < 4.78 is 68.6. The molecule has 0 radical (unpaired) electrons. The molecule has 0 aliphatic carbocycles. The summed E-state index contributed by atoms with van der Waals surface area (Å²) in [6.07, 6.45) is -4.76. The lowest BCUT2D eigenvalue weighted by Crippen LogP contribution is -2.42. The second kappa shape index (κ2) is 11.5. The van der Waals surface area contributed by atoms with Gasteiger partial charge in [-0.25, -0.2) is 8.42 Å². The van der Waals surface area contributed by atoms with Crippen molar-refractivity contribution < 1.29 is 26.4 Å². The first kappa shape index (κ1) is 28.2. The average molecular weight is 573 g/mol. The fourth-order valence-corrected chi connectivity index (χ4v) is 5.86. The summed E-state index contributed by atoms with van der Waals surface area (Å²) in [5.74, 6) is -0.736.